The number of carbonyl (C=O) groups excluding carboxylic acids is 6. The van der Waals surface area contributed by atoms with E-state index < -0.39 is 93.1 Å². The van der Waals surface area contributed by atoms with Crippen molar-refractivity contribution in [2.24, 2.45) is 28.6 Å². The molecule has 9 rings (SSSR count). The molecule has 1 saturated heterocycles. The lowest BCUT2D eigenvalue weighted by atomic mass is 9.44. The second-order valence-electron chi connectivity index (χ2n) is 23.9. The molecule has 462 valence electrons. The number of alkyl halides is 1. The Morgan fingerprint density at radius 1 is 0.953 bits per heavy atom. The van der Waals surface area contributed by atoms with E-state index in [4.69, 9.17) is 11.5 Å². The summed E-state index contributed by atoms with van der Waals surface area (Å²) in [5, 5.41) is 54.3. The molecule has 2 aliphatic heterocycles. The molecule has 2 aromatic heterocycles. The van der Waals surface area contributed by atoms with Crippen LogP contribution in [-0.4, -0.2) is 165 Å². The molecular weight excluding hydrogens is 1150 g/mol. The number of nitrogens with two attached hydrogens (primary N) is 2. The average Bonchev–Trinajstić information content (AvgIpc) is 1.34. The molecule has 4 heterocycles. The fraction of sp³-hybridized carbons (Fsp3) is 0.559. The lowest BCUT2D eigenvalue weighted by Crippen LogP contribution is -2.70. The van der Waals surface area contributed by atoms with Crippen LogP contribution in [0.4, 0.5) is 21.8 Å². The molecule has 5 amide bonds. The van der Waals surface area contributed by atoms with Gasteiger partial charge in [-0.1, -0.05) is 44.8 Å². The Labute approximate surface area is 504 Å². The molecule has 11 atom stereocenters. The zero-order chi connectivity index (χ0) is 62.0. The van der Waals surface area contributed by atoms with Gasteiger partial charge in [-0.3, -0.25) is 33.7 Å². The van der Waals surface area contributed by atoms with Crippen molar-refractivity contribution < 1.29 is 63.2 Å². The van der Waals surface area contributed by atoms with Crippen molar-refractivity contribution in [1.29, 1.82) is 0 Å². The van der Waals surface area contributed by atoms with Crippen molar-refractivity contribution in [3.05, 3.63) is 76.8 Å². The van der Waals surface area contributed by atoms with Gasteiger partial charge < -0.3 is 58.1 Å². The molecule has 8 unspecified atom stereocenters. The molecule has 3 saturated carbocycles. The fourth-order valence-corrected chi connectivity index (χ4v) is 16.3. The number of nitrogens with zero attached hydrogens (tertiary/aromatic N) is 6. The van der Waals surface area contributed by atoms with Crippen LogP contribution in [-0.2, 0) is 40.1 Å². The number of benzene rings is 1. The first kappa shape index (κ1) is 63.3. The number of nitrogen functional groups attached to an aromatic ring is 2. The van der Waals surface area contributed by atoms with Crippen LogP contribution in [0.2, 0.25) is 0 Å². The lowest BCUT2D eigenvalue weighted by molar-refractivity contribution is -0.219. The monoisotopic (exact) mass is 1230 g/mol. The van der Waals surface area contributed by atoms with Crippen LogP contribution in [0, 0.1) is 28.6 Å². The lowest BCUT2D eigenvalue weighted by Gasteiger charge is -2.62. The van der Waals surface area contributed by atoms with Gasteiger partial charge in [-0.2, -0.15) is 21.7 Å². The predicted octanol–water partition coefficient (Wildman–Crippen LogP) is 3.58. The molecule has 86 heavy (non-hydrogen) atoms. The number of allylic oxidation sites excluding steroid dienone is 4. The third-order valence-electron chi connectivity index (χ3n) is 18.6. The number of aliphatic hydroxyl groups is 2. The number of thioether (sulfide) groups is 2. The van der Waals surface area contributed by atoms with Gasteiger partial charge in [0.2, 0.25) is 17.8 Å². The second kappa shape index (κ2) is 25.6. The van der Waals surface area contributed by atoms with Gasteiger partial charge in [-0.15, -0.1) is 11.8 Å². The van der Waals surface area contributed by atoms with E-state index in [0.717, 1.165) is 18.5 Å². The summed E-state index contributed by atoms with van der Waals surface area (Å²) >= 11 is 2.70. The normalized spacial score (nSPS) is 28.5. The minimum Gasteiger partial charge on any atom is -0.480 e. The van der Waals surface area contributed by atoms with E-state index in [-0.39, 0.29) is 84.3 Å². The van der Waals surface area contributed by atoms with Crippen LogP contribution in [0.25, 0.3) is 11.2 Å². The van der Waals surface area contributed by atoms with E-state index in [1.165, 1.54) is 40.6 Å². The van der Waals surface area contributed by atoms with Gasteiger partial charge in [-0.25, -0.2) is 23.9 Å². The molecule has 0 spiro atoms. The summed E-state index contributed by atoms with van der Waals surface area (Å²) in [6, 6.07) is 4.23. The number of aromatic nitrogens is 4. The molecule has 6 aliphatic rings. The molecule has 12 N–H and O–H groups in total. The predicted molar refractivity (Wildman–Crippen MR) is 319 cm³/mol. The number of amides is 5. The molecular formula is C59H75FN12O12S2. The number of aliphatic carboxylic acids is 2. The van der Waals surface area contributed by atoms with Gasteiger partial charge in [0.25, 0.3) is 17.7 Å². The van der Waals surface area contributed by atoms with Gasteiger partial charge in [0.1, 0.15) is 23.2 Å². The number of hydrogen-bond donors (Lipinski definition) is 10. The number of carbonyl (C=O) groups is 8. The van der Waals surface area contributed by atoms with Gasteiger partial charge >= 0.3 is 11.9 Å². The Morgan fingerprint density at radius 2 is 1.69 bits per heavy atom. The quantitative estimate of drug-likeness (QED) is 0.0428. The van der Waals surface area contributed by atoms with Crippen LogP contribution in [0.3, 0.4) is 0 Å². The highest BCUT2D eigenvalue weighted by Crippen LogP contribution is 2.70. The van der Waals surface area contributed by atoms with Crippen LogP contribution < -0.4 is 37.6 Å². The Kier molecular flexibility index (Phi) is 18.8. The van der Waals surface area contributed by atoms with Crippen molar-refractivity contribution >= 4 is 99.4 Å². The third-order valence-corrected chi connectivity index (χ3v) is 21.0. The maximum Gasteiger partial charge on any atom is 0.352 e. The van der Waals surface area contributed by atoms with E-state index in [0.29, 0.717) is 85.5 Å². The fourth-order valence-electron chi connectivity index (χ4n) is 13.9. The van der Waals surface area contributed by atoms with Gasteiger partial charge in [0.15, 0.2) is 34.0 Å². The van der Waals surface area contributed by atoms with Crippen LogP contribution in [0.5, 0.6) is 0 Å². The van der Waals surface area contributed by atoms with Crippen molar-refractivity contribution in [2.75, 3.05) is 53.8 Å². The zero-order valence-corrected chi connectivity index (χ0v) is 50.1. The number of rotatable bonds is 25. The number of aliphatic hydroxyl groups excluding tert-OH is 1. The number of ketones is 1. The van der Waals surface area contributed by atoms with Gasteiger partial charge in [0.05, 0.1) is 24.5 Å². The summed E-state index contributed by atoms with van der Waals surface area (Å²) in [6.45, 7) is 6.16. The number of unbranched alkanes of at least 4 members (excludes halogenated alkanes) is 4. The standard InChI is InChI=1S/C59H75FN12O12S2/c1-31-24-39-38-16-13-34-25-37(73)19-20-56(34,2)58(38,60)41(74)26-57(39,3)59(31,84)54(83)64-21-9-7-5-6-8-10-43(76)68-45-50(78)72-46(53(81)82)33(30-86-51(45)72)29-85-23-22-63-42(75)18-17-40(52(79)80)67-49(77)32-11-14-36(15-12-32)71(4)28-35-27-65-48-44(66-35)47(61)69-55(62)70-48/h11-12,14-15,19-20,25,27,31,38-41,45,51,74,84H,5-10,13,16-18,21-24,26,28-30H2,1-4H3,(H,63,75)(H,64,83)(H,67,77)(H,68,76)(H,79,80)(H,81,82)(H4,61,62,65,69,70)/t31-,38?,39?,40?,41?,45?,51?,56+,57+,58?,59?/m1/s1. The Morgan fingerprint density at radius 3 is 2.42 bits per heavy atom. The van der Waals surface area contributed by atoms with Gasteiger partial charge in [0, 0.05) is 78.2 Å². The first-order valence-corrected chi connectivity index (χ1v) is 31.3. The highest BCUT2D eigenvalue weighted by molar-refractivity contribution is 8.01. The van der Waals surface area contributed by atoms with E-state index in [2.05, 4.69) is 41.2 Å². The first-order valence-electron chi connectivity index (χ1n) is 29.1. The number of anilines is 3. The van der Waals surface area contributed by atoms with Crippen molar-refractivity contribution in [1.82, 2.24) is 46.1 Å². The maximum absolute atomic E-state index is 17.5. The molecule has 27 heteroatoms. The number of β-lactam (4-membered cyclic amide) rings is 1. The maximum atomic E-state index is 17.5. The smallest absolute Gasteiger partial charge is 0.352 e. The number of fused-ring (bicyclic) bond motifs is 7. The van der Waals surface area contributed by atoms with Gasteiger partial charge in [-0.05, 0) is 106 Å². The molecule has 4 fully saturated rings. The molecule has 0 bridgehead atoms. The van der Waals surface area contributed by atoms with Crippen molar-refractivity contribution in [3.8, 4) is 0 Å². The van der Waals surface area contributed by atoms with Crippen LogP contribution in [0.15, 0.2) is 65.5 Å². The van der Waals surface area contributed by atoms with E-state index in [9.17, 15) is 58.8 Å². The molecule has 1 aromatic carbocycles. The highest BCUT2D eigenvalue weighted by atomic mass is 32.2. The SMILES string of the molecule is C[C@@H]1CC2C3CCC4=CC(=O)C=C[C@]4(C)C3(F)C(O)C[C@]2(C)C1(O)C(=O)NCCCCCCCC(=O)NC1C(=O)N2C(C(=O)O)=C(CSCCNC(=O)CCC(NC(=O)c3ccc(N(C)Cc4cnc5nc(N)nc(N)c5n4)cc3)C(=O)O)CSC12. The Balaban J connectivity index is 0.639. The molecule has 0 radical (unpaired) electrons. The zero-order valence-electron chi connectivity index (χ0n) is 48.5. The summed E-state index contributed by atoms with van der Waals surface area (Å²) in [7, 11) is 1.81. The minimum absolute atomic E-state index is 0.0140. The Hall–Kier alpha value is -7.23. The number of hydrogen-bond acceptors (Lipinski definition) is 19. The molecule has 4 aliphatic carbocycles. The second-order valence-corrected chi connectivity index (χ2v) is 26.1. The summed E-state index contributed by atoms with van der Waals surface area (Å²) in [4.78, 5) is 123. The van der Waals surface area contributed by atoms with Crippen LogP contribution >= 0.6 is 23.5 Å². The number of carboxylic acids is 2. The van der Waals surface area contributed by atoms with E-state index >= 15 is 4.39 Å². The topological polar surface area (TPSA) is 376 Å². The van der Waals surface area contributed by atoms with E-state index in [1.54, 1.807) is 57.4 Å². The Bertz CT molecular complexity index is 3300. The number of carboxylic acid groups (broad SMARTS) is 2. The van der Waals surface area contributed by atoms with Crippen LogP contribution in [0.1, 0.15) is 114 Å². The minimum atomic E-state index is -2.06. The number of halogens is 1. The summed E-state index contributed by atoms with van der Waals surface area (Å²) in [6.07, 6.45) is 8.84. The summed E-state index contributed by atoms with van der Waals surface area (Å²) < 4.78 is 17.5. The van der Waals surface area contributed by atoms with Crippen molar-refractivity contribution in [3.63, 3.8) is 0 Å². The third kappa shape index (κ3) is 12.1. The number of nitrogens with one attached hydrogen (secondary N) is 4. The molecule has 24 nitrogen and oxygen atoms in total. The average molecular weight is 1230 g/mol. The van der Waals surface area contributed by atoms with E-state index in [1.807, 2.05) is 11.8 Å². The first-order chi connectivity index (χ1) is 40.8. The molecule has 3 aromatic rings. The summed E-state index contributed by atoms with van der Waals surface area (Å²) in [5.74, 6) is -5.69. The van der Waals surface area contributed by atoms with Crippen molar-refractivity contribution in [2.45, 2.75) is 139 Å². The highest BCUT2D eigenvalue weighted by Gasteiger charge is 2.76. The summed E-state index contributed by atoms with van der Waals surface area (Å²) in [5.41, 5.74) is 8.58. The largest absolute Gasteiger partial charge is 0.480 e.